The molecule has 0 aliphatic rings. The van der Waals surface area contributed by atoms with E-state index in [-0.39, 0.29) is 12.1 Å². The summed E-state index contributed by atoms with van der Waals surface area (Å²) in [7, 11) is 0. The zero-order valence-corrected chi connectivity index (χ0v) is 16.0. The number of anilines is 1. The number of benzene rings is 1. The highest BCUT2D eigenvalue weighted by molar-refractivity contribution is 6.05. The van der Waals surface area contributed by atoms with E-state index in [0.717, 1.165) is 5.69 Å². The first-order chi connectivity index (χ1) is 13.3. The Hall–Kier alpha value is -3.32. The zero-order chi connectivity index (χ0) is 20.3. The largest absolute Gasteiger partial charge is 0.389 e. The molecule has 2 aromatic heterocycles. The number of aliphatic hydroxyl groups is 1. The van der Waals surface area contributed by atoms with Crippen molar-refractivity contribution >= 4 is 11.6 Å². The number of hydrogen-bond donors (Lipinski definition) is 2. The molecule has 0 saturated heterocycles. The maximum Gasteiger partial charge on any atom is 0.264 e. The average molecular weight is 378 g/mol. The summed E-state index contributed by atoms with van der Waals surface area (Å²) in [6, 6.07) is 8.63. The predicted molar refractivity (Wildman–Crippen MR) is 106 cm³/mol. The van der Waals surface area contributed by atoms with Gasteiger partial charge in [-0.05, 0) is 50.1 Å². The molecule has 28 heavy (non-hydrogen) atoms. The summed E-state index contributed by atoms with van der Waals surface area (Å²) < 4.78 is 1.44. The molecule has 144 valence electrons. The second-order valence-electron chi connectivity index (χ2n) is 6.71. The quantitative estimate of drug-likeness (QED) is 0.711. The smallest absolute Gasteiger partial charge is 0.264 e. The van der Waals surface area contributed by atoms with Gasteiger partial charge in [-0.2, -0.15) is 0 Å². The van der Waals surface area contributed by atoms with Crippen molar-refractivity contribution in [1.82, 2.24) is 14.5 Å². The average Bonchev–Trinajstić information content (AvgIpc) is 2.66. The van der Waals surface area contributed by atoms with Gasteiger partial charge >= 0.3 is 0 Å². The zero-order valence-electron chi connectivity index (χ0n) is 16.0. The number of pyridine rings is 1. The summed E-state index contributed by atoms with van der Waals surface area (Å²) in [6.07, 6.45) is 4.24. The number of aromatic nitrogens is 3. The standard InChI is InChI=1S/C21H22N4O3/c1-13-7-8-25(12-18-11-22-14(2)10-23-18)21(28)19(13)20(27)24-17-6-4-5-16(9-17)15(3)26/h4-11,15,26H,12H2,1-3H3,(H,24,27). The number of nitrogens with one attached hydrogen (secondary N) is 1. The first kappa shape index (κ1) is 19.4. The number of carbonyl (C=O) groups is 1. The number of hydrogen-bond acceptors (Lipinski definition) is 5. The molecule has 1 unspecified atom stereocenters. The fourth-order valence-corrected chi connectivity index (χ4v) is 2.81. The second kappa shape index (κ2) is 8.14. The maximum atomic E-state index is 12.9. The Labute approximate surface area is 162 Å². The molecule has 2 N–H and O–H groups in total. The molecule has 1 aromatic carbocycles. The molecule has 0 bridgehead atoms. The maximum absolute atomic E-state index is 12.9. The monoisotopic (exact) mass is 378 g/mol. The van der Waals surface area contributed by atoms with Crippen LogP contribution in [0.5, 0.6) is 0 Å². The van der Waals surface area contributed by atoms with E-state index in [0.29, 0.717) is 22.5 Å². The van der Waals surface area contributed by atoms with E-state index in [1.165, 1.54) is 4.57 Å². The van der Waals surface area contributed by atoms with Crippen molar-refractivity contribution in [2.75, 3.05) is 5.32 Å². The molecule has 0 fully saturated rings. The normalized spacial score (nSPS) is 11.9. The third-order valence-electron chi connectivity index (χ3n) is 4.39. The molecule has 0 aliphatic heterocycles. The van der Waals surface area contributed by atoms with Crippen molar-refractivity contribution in [3.05, 3.63) is 87.4 Å². The molecule has 0 aliphatic carbocycles. The van der Waals surface area contributed by atoms with Gasteiger partial charge in [-0.3, -0.25) is 19.6 Å². The van der Waals surface area contributed by atoms with Gasteiger partial charge in [0, 0.05) is 18.1 Å². The van der Waals surface area contributed by atoms with E-state index < -0.39 is 17.6 Å². The molecule has 0 saturated carbocycles. The molecular weight excluding hydrogens is 356 g/mol. The van der Waals surface area contributed by atoms with Crippen LogP contribution in [0.4, 0.5) is 5.69 Å². The van der Waals surface area contributed by atoms with Crippen molar-refractivity contribution in [1.29, 1.82) is 0 Å². The van der Waals surface area contributed by atoms with Crippen LogP contribution < -0.4 is 10.9 Å². The van der Waals surface area contributed by atoms with E-state index in [4.69, 9.17) is 0 Å². The molecule has 2 heterocycles. The van der Waals surface area contributed by atoms with Crippen molar-refractivity contribution in [2.24, 2.45) is 0 Å². The lowest BCUT2D eigenvalue weighted by molar-refractivity contribution is 0.102. The first-order valence-electron chi connectivity index (χ1n) is 8.92. The number of amides is 1. The van der Waals surface area contributed by atoms with E-state index in [2.05, 4.69) is 15.3 Å². The molecule has 1 amide bonds. The first-order valence-corrected chi connectivity index (χ1v) is 8.92. The topological polar surface area (TPSA) is 97.1 Å². The van der Waals surface area contributed by atoms with Gasteiger partial charge in [0.2, 0.25) is 0 Å². The molecule has 3 rings (SSSR count). The lowest BCUT2D eigenvalue weighted by Gasteiger charge is -2.12. The number of aliphatic hydroxyl groups excluding tert-OH is 1. The molecule has 0 spiro atoms. The van der Waals surface area contributed by atoms with E-state index >= 15 is 0 Å². The Morgan fingerprint density at radius 3 is 2.68 bits per heavy atom. The van der Waals surface area contributed by atoms with Gasteiger partial charge in [0.1, 0.15) is 5.56 Å². The Morgan fingerprint density at radius 2 is 2.00 bits per heavy atom. The molecule has 7 nitrogen and oxygen atoms in total. The summed E-state index contributed by atoms with van der Waals surface area (Å²) in [5, 5.41) is 12.4. The Balaban J connectivity index is 1.88. The third kappa shape index (κ3) is 4.32. The van der Waals surface area contributed by atoms with Gasteiger partial charge in [-0.1, -0.05) is 12.1 Å². The van der Waals surface area contributed by atoms with Crippen LogP contribution >= 0.6 is 0 Å². The molecule has 0 radical (unpaired) electrons. The van der Waals surface area contributed by atoms with E-state index in [9.17, 15) is 14.7 Å². The van der Waals surface area contributed by atoms with Gasteiger partial charge in [0.15, 0.2) is 0 Å². The fourth-order valence-electron chi connectivity index (χ4n) is 2.81. The van der Waals surface area contributed by atoms with Crippen molar-refractivity contribution < 1.29 is 9.90 Å². The Bertz CT molecular complexity index is 1060. The number of carbonyl (C=O) groups excluding carboxylic acids is 1. The highest BCUT2D eigenvalue weighted by atomic mass is 16.3. The summed E-state index contributed by atoms with van der Waals surface area (Å²) >= 11 is 0. The summed E-state index contributed by atoms with van der Waals surface area (Å²) in [4.78, 5) is 34.1. The predicted octanol–water partition coefficient (Wildman–Crippen LogP) is 2.61. The van der Waals surface area contributed by atoms with Gasteiger partial charge in [-0.25, -0.2) is 0 Å². The van der Waals surface area contributed by atoms with Crippen LogP contribution in [0.2, 0.25) is 0 Å². The van der Waals surface area contributed by atoms with E-state index in [1.54, 1.807) is 62.8 Å². The Kier molecular flexibility index (Phi) is 5.65. The third-order valence-corrected chi connectivity index (χ3v) is 4.39. The molecule has 1 atom stereocenters. The second-order valence-corrected chi connectivity index (χ2v) is 6.71. The van der Waals surface area contributed by atoms with Crippen LogP contribution in [-0.4, -0.2) is 25.5 Å². The Morgan fingerprint density at radius 1 is 1.21 bits per heavy atom. The van der Waals surface area contributed by atoms with Crippen LogP contribution in [0.15, 0.2) is 53.7 Å². The minimum absolute atomic E-state index is 0.0741. The van der Waals surface area contributed by atoms with Crippen molar-refractivity contribution in [2.45, 2.75) is 33.4 Å². The number of aryl methyl sites for hydroxylation is 2. The summed E-state index contributed by atoms with van der Waals surface area (Å²) in [5.41, 5.74) is 2.88. The minimum atomic E-state index is -0.650. The minimum Gasteiger partial charge on any atom is -0.389 e. The van der Waals surface area contributed by atoms with Crippen LogP contribution in [0.1, 0.15) is 45.9 Å². The molecule has 3 aromatic rings. The van der Waals surface area contributed by atoms with Crippen molar-refractivity contribution in [3.63, 3.8) is 0 Å². The summed E-state index contributed by atoms with van der Waals surface area (Å²) in [6.45, 7) is 5.43. The van der Waals surface area contributed by atoms with Crippen LogP contribution in [0, 0.1) is 13.8 Å². The molecule has 7 heteroatoms. The van der Waals surface area contributed by atoms with Crippen LogP contribution in [-0.2, 0) is 6.54 Å². The van der Waals surface area contributed by atoms with Gasteiger partial charge in [0.25, 0.3) is 11.5 Å². The van der Waals surface area contributed by atoms with Gasteiger partial charge < -0.3 is 15.0 Å². The highest BCUT2D eigenvalue weighted by Gasteiger charge is 2.17. The fraction of sp³-hybridized carbons (Fsp3) is 0.238. The van der Waals surface area contributed by atoms with Gasteiger partial charge in [-0.15, -0.1) is 0 Å². The lowest BCUT2D eigenvalue weighted by atomic mass is 10.1. The number of rotatable bonds is 5. The van der Waals surface area contributed by atoms with Crippen LogP contribution in [0.3, 0.4) is 0 Å². The number of nitrogens with zero attached hydrogens (tertiary/aromatic N) is 3. The van der Waals surface area contributed by atoms with Crippen molar-refractivity contribution in [3.8, 4) is 0 Å². The SMILES string of the molecule is Cc1cnc(Cn2ccc(C)c(C(=O)Nc3cccc(C(C)O)c3)c2=O)cn1. The van der Waals surface area contributed by atoms with Gasteiger partial charge in [0.05, 0.1) is 30.2 Å². The highest BCUT2D eigenvalue weighted by Crippen LogP contribution is 2.18. The molecular formula is C21H22N4O3. The van der Waals surface area contributed by atoms with Crippen LogP contribution in [0.25, 0.3) is 0 Å². The summed E-state index contributed by atoms with van der Waals surface area (Å²) in [5.74, 6) is -0.491. The lowest BCUT2D eigenvalue weighted by Crippen LogP contribution is -2.30. The van der Waals surface area contributed by atoms with E-state index in [1.807, 2.05) is 6.92 Å².